The van der Waals surface area contributed by atoms with Gasteiger partial charge in [-0.3, -0.25) is 9.59 Å². The van der Waals surface area contributed by atoms with Crippen molar-refractivity contribution in [1.82, 2.24) is 4.90 Å². The van der Waals surface area contributed by atoms with E-state index in [9.17, 15) is 9.59 Å². The monoisotopic (exact) mass is 288 g/mol. The van der Waals surface area contributed by atoms with Crippen molar-refractivity contribution in [3.63, 3.8) is 0 Å². The maximum atomic E-state index is 12.3. The van der Waals surface area contributed by atoms with Gasteiger partial charge in [0.15, 0.2) is 6.61 Å². The van der Waals surface area contributed by atoms with E-state index in [0.29, 0.717) is 23.8 Å². The number of benzene rings is 1. The zero-order valence-electron chi connectivity index (χ0n) is 12.2. The van der Waals surface area contributed by atoms with E-state index in [-0.39, 0.29) is 18.4 Å². The minimum Gasteiger partial charge on any atom is -0.482 e. The number of rotatable bonds is 2. The number of anilines is 1. The van der Waals surface area contributed by atoms with Crippen LogP contribution in [0.2, 0.25) is 0 Å². The third-order valence-electron chi connectivity index (χ3n) is 4.17. The van der Waals surface area contributed by atoms with Crippen LogP contribution in [0.1, 0.15) is 25.3 Å². The predicted molar refractivity (Wildman–Crippen MR) is 79.2 cm³/mol. The molecule has 1 aromatic carbocycles. The Morgan fingerprint density at radius 2 is 2.14 bits per heavy atom. The van der Waals surface area contributed by atoms with Gasteiger partial charge in [-0.2, -0.15) is 0 Å². The SMILES string of the molecule is CC1CCN(C(=O)Cc2ccc3c(c2)NC(=O)CO3)CC1. The molecular weight excluding hydrogens is 268 g/mol. The fourth-order valence-electron chi connectivity index (χ4n) is 2.78. The second kappa shape index (κ2) is 5.76. The van der Waals surface area contributed by atoms with Crippen molar-refractivity contribution in [2.75, 3.05) is 25.0 Å². The van der Waals surface area contributed by atoms with Crippen LogP contribution in [0.3, 0.4) is 0 Å². The molecule has 0 unspecified atom stereocenters. The number of hydrogen-bond donors (Lipinski definition) is 1. The molecule has 0 atom stereocenters. The molecule has 112 valence electrons. The molecule has 2 amide bonds. The standard InChI is InChI=1S/C16H20N2O3/c1-11-4-6-18(7-5-11)16(20)9-12-2-3-14-13(8-12)17-15(19)10-21-14/h2-3,8,11H,4-7,9-10H2,1H3,(H,17,19). The van der Waals surface area contributed by atoms with E-state index in [1.54, 1.807) is 0 Å². The zero-order valence-corrected chi connectivity index (χ0v) is 12.2. The summed E-state index contributed by atoms with van der Waals surface area (Å²) in [4.78, 5) is 25.6. The van der Waals surface area contributed by atoms with Crippen LogP contribution in [0.5, 0.6) is 5.75 Å². The Kier molecular flexibility index (Phi) is 3.82. The highest BCUT2D eigenvalue weighted by molar-refractivity contribution is 5.95. The Bertz CT molecular complexity index is 563. The molecule has 0 spiro atoms. The maximum Gasteiger partial charge on any atom is 0.262 e. The molecule has 0 bridgehead atoms. The highest BCUT2D eigenvalue weighted by atomic mass is 16.5. The molecule has 1 fully saturated rings. The van der Waals surface area contributed by atoms with E-state index in [4.69, 9.17) is 4.74 Å². The molecule has 1 N–H and O–H groups in total. The average Bonchev–Trinajstić information content (AvgIpc) is 2.47. The van der Waals surface area contributed by atoms with Gasteiger partial charge in [0.25, 0.3) is 5.91 Å². The van der Waals surface area contributed by atoms with Gasteiger partial charge >= 0.3 is 0 Å². The third kappa shape index (κ3) is 3.17. The first-order chi connectivity index (χ1) is 10.1. The molecule has 0 aliphatic carbocycles. The predicted octanol–water partition coefficient (Wildman–Crippen LogP) is 1.82. The molecule has 2 heterocycles. The normalized spacial score (nSPS) is 18.7. The van der Waals surface area contributed by atoms with Crippen LogP contribution in [0, 0.1) is 5.92 Å². The lowest BCUT2D eigenvalue weighted by molar-refractivity contribution is -0.131. The van der Waals surface area contributed by atoms with Crippen molar-refractivity contribution in [1.29, 1.82) is 0 Å². The average molecular weight is 288 g/mol. The second-order valence-electron chi connectivity index (χ2n) is 5.91. The second-order valence-corrected chi connectivity index (χ2v) is 5.91. The van der Waals surface area contributed by atoms with E-state index in [1.165, 1.54) is 0 Å². The van der Waals surface area contributed by atoms with Gasteiger partial charge in [0.05, 0.1) is 12.1 Å². The Morgan fingerprint density at radius 1 is 1.38 bits per heavy atom. The summed E-state index contributed by atoms with van der Waals surface area (Å²) in [7, 11) is 0. The van der Waals surface area contributed by atoms with Crippen LogP contribution >= 0.6 is 0 Å². The summed E-state index contributed by atoms with van der Waals surface area (Å²) in [6.07, 6.45) is 2.54. The Morgan fingerprint density at radius 3 is 2.90 bits per heavy atom. The molecule has 3 rings (SSSR count). The van der Waals surface area contributed by atoms with Crippen LogP contribution in [0.15, 0.2) is 18.2 Å². The number of carbonyl (C=O) groups excluding carboxylic acids is 2. The maximum absolute atomic E-state index is 12.3. The summed E-state index contributed by atoms with van der Waals surface area (Å²) in [5, 5.41) is 2.77. The zero-order chi connectivity index (χ0) is 14.8. The molecule has 0 aromatic heterocycles. The van der Waals surface area contributed by atoms with Crippen molar-refractivity contribution in [2.24, 2.45) is 5.92 Å². The molecule has 2 aliphatic rings. The minimum absolute atomic E-state index is 0.0528. The number of likely N-dealkylation sites (tertiary alicyclic amines) is 1. The molecule has 5 heteroatoms. The van der Waals surface area contributed by atoms with Crippen molar-refractivity contribution in [2.45, 2.75) is 26.2 Å². The van der Waals surface area contributed by atoms with Crippen LogP contribution in [-0.4, -0.2) is 36.4 Å². The summed E-state index contributed by atoms with van der Waals surface area (Å²) < 4.78 is 5.32. The van der Waals surface area contributed by atoms with E-state index in [0.717, 1.165) is 31.5 Å². The molecule has 21 heavy (non-hydrogen) atoms. The van der Waals surface area contributed by atoms with Crippen LogP contribution in [-0.2, 0) is 16.0 Å². The first-order valence-corrected chi connectivity index (χ1v) is 7.45. The molecular formula is C16H20N2O3. The van der Waals surface area contributed by atoms with Crippen molar-refractivity contribution in [3.05, 3.63) is 23.8 Å². The van der Waals surface area contributed by atoms with Gasteiger partial charge in [0.2, 0.25) is 5.91 Å². The van der Waals surface area contributed by atoms with Gasteiger partial charge in [-0.1, -0.05) is 13.0 Å². The van der Waals surface area contributed by atoms with E-state index in [2.05, 4.69) is 12.2 Å². The number of hydrogen-bond acceptors (Lipinski definition) is 3. The van der Waals surface area contributed by atoms with Crippen LogP contribution in [0.25, 0.3) is 0 Å². The minimum atomic E-state index is -0.156. The molecule has 1 aromatic rings. The number of nitrogens with zero attached hydrogens (tertiary/aromatic N) is 1. The van der Waals surface area contributed by atoms with Gasteiger partial charge in [0.1, 0.15) is 5.75 Å². The Balaban J connectivity index is 1.66. The summed E-state index contributed by atoms with van der Waals surface area (Å²) in [6.45, 7) is 3.99. The van der Waals surface area contributed by atoms with Gasteiger partial charge < -0.3 is 15.0 Å². The Labute approximate surface area is 124 Å². The summed E-state index contributed by atoms with van der Waals surface area (Å²) in [5.74, 6) is 1.38. The van der Waals surface area contributed by atoms with Gasteiger partial charge in [-0.15, -0.1) is 0 Å². The van der Waals surface area contributed by atoms with Crippen molar-refractivity contribution in [3.8, 4) is 5.75 Å². The highest BCUT2D eigenvalue weighted by Gasteiger charge is 2.21. The van der Waals surface area contributed by atoms with Gasteiger partial charge in [-0.05, 0) is 36.5 Å². The Hall–Kier alpha value is -2.04. The fourth-order valence-corrected chi connectivity index (χ4v) is 2.78. The quantitative estimate of drug-likeness (QED) is 0.903. The van der Waals surface area contributed by atoms with Crippen LogP contribution in [0.4, 0.5) is 5.69 Å². The van der Waals surface area contributed by atoms with Crippen LogP contribution < -0.4 is 10.1 Å². The number of ether oxygens (including phenoxy) is 1. The lowest BCUT2D eigenvalue weighted by Crippen LogP contribution is -2.38. The van der Waals surface area contributed by atoms with Crippen molar-refractivity contribution >= 4 is 17.5 Å². The molecule has 2 aliphatic heterocycles. The lowest BCUT2D eigenvalue weighted by Gasteiger charge is -2.30. The topological polar surface area (TPSA) is 58.6 Å². The number of amides is 2. The lowest BCUT2D eigenvalue weighted by atomic mass is 9.98. The number of fused-ring (bicyclic) bond motifs is 1. The molecule has 1 saturated heterocycles. The first kappa shape index (κ1) is 13.9. The number of carbonyl (C=O) groups is 2. The molecule has 5 nitrogen and oxygen atoms in total. The molecule has 0 saturated carbocycles. The largest absolute Gasteiger partial charge is 0.482 e. The third-order valence-corrected chi connectivity index (χ3v) is 4.17. The van der Waals surface area contributed by atoms with Crippen molar-refractivity contribution < 1.29 is 14.3 Å². The smallest absolute Gasteiger partial charge is 0.262 e. The van der Waals surface area contributed by atoms with E-state index in [1.807, 2.05) is 23.1 Å². The molecule has 0 radical (unpaired) electrons. The fraction of sp³-hybridized carbons (Fsp3) is 0.500. The first-order valence-electron chi connectivity index (χ1n) is 7.45. The van der Waals surface area contributed by atoms with Gasteiger partial charge in [-0.25, -0.2) is 0 Å². The summed E-state index contributed by atoms with van der Waals surface area (Å²) in [6, 6.07) is 5.54. The number of piperidine rings is 1. The number of nitrogens with one attached hydrogen (secondary N) is 1. The highest BCUT2D eigenvalue weighted by Crippen LogP contribution is 2.29. The van der Waals surface area contributed by atoms with E-state index >= 15 is 0 Å². The van der Waals surface area contributed by atoms with Gasteiger partial charge in [0, 0.05) is 13.1 Å². The summed E-state index contributed by atoms with van der Waals surface area (Å²) in [5.41, 5.74) is 1.56. The summed E-state index contributed by atoms with van der Waals surface area (Å²) >= 11 is 0. The van der Waals surface area contributed by atoms with E-state index < -0.39 is 0 Å².